The summed E-state index contributed by atoms with van der Waals surface area (Å²) in [5, 5.41) is 7.11. The largest absolute Gasteiger partial charge is 0.417 e. The highest BCUT2D eigenvalue weighted by Crippen LogP contribution is 2.36. The lowest BCUT2D eigenvalue weighted by Gasteiger charge is -2.14. The van der Waals surface area contributed by atoms with Crippen LogP contribution in [0.15, 0.2) is 55.1 Å². The first-order valence-corrected chi connectivity index (χ1v) is 11.6. The molecular weight excluding hydrogens is 525 g/mol. The maximum Gasteiger partial charge on any atom is 0.417 e. The quantitative estimate of drug-likeness (QED) is 0.267. The zero-order valence-electron chi connectivity index (χ0n) is 20.0. The number of hydrogen-bond donors (Lipinski definition) is 4. The van der Waals surface area contributed by atoms with Crippen LogP contribution in [0.3, 0.4) is 0 Å². The molecule has 5 N–H and O–H groups in total. The molecular formula is C24H22ClF3N8O2. The number of benzene rings is 2. The zero-order chi connectivity index (χ0) is 27.6. The van der Waals surface area contributed by atoms with Crippen LogP contribution in [0.5, 0.6) is 0 Å². The molecule has 0 bridgehead atoms. The van der Waals surface area contributed by atoms with Gasteiger partial charge >= 0.3 is 12.2 Å². The molecule has 3 amide bonds. The molecule has 0 aliphatic carbocycles. The second-order valence-corrected chi connectivity index (χ2v) is 8.99. The first-order chi connectivity index (χ1) is 17.9. The van der Waals surface area contributed by atoms with Gasteiger partial charge in [0.15, 0.2) is 17.0 Å². The summed E-state index contributed by atoms with van der Waals surface area (Å²) >= 11 is 5.61. The number of rotatable bonds is 6. The van der Waals surface area contributed by atoms with E-state index in [0.717, 1.165) is 12.1 Å². The highest BCUT2D eigenvalue weighted by molar-refractivity contribution is 6.31. The summed E-state index contributed by atoms with van der Waals surface area (Å²) in [7, 11) is 0. The SMILES string of the molecule is CC(C)C(N)C(=O)Nc1ncnc2c1ncn2-c1ccc(NC(=O)Nc2ccc(Cl)c(C(F)(F)F)c2)cc1. The summed E-state index contributed by atoms with van der Waals surface area (Å²) in [4.78, 5) is 37.4. The molecule has 0 saturated carbocycles. The minimum absolute atomic E-state index is 0.0670. The Bertz CT molecular complexity index is 1490. The first-order valence-electron chi connectivity index (χ1n) is 11.2. The average Bonchev–Trinajstić information content (AvgIpc) is 3.29. The molecule has 10 nitrogen and oxygen atoms in total. The van der Waals surface area contributed by atoms with Gasteiger partial charge in [0.1, 0.15) is 12.7 Å². The third-order valence-electron chi connectivity index (χ3n) is 5.53. The Kier molecular flexibility index (Phi) is 7.51. The number of anilines is 3. The molecule has 2 heterocycles. The summed E-state index contributed by atoms with van der Waals surface area (Å²) in [6, 6.07) is 8.16. The van der Waals surface area contributed by atoms with Crippen LogP contribution in [0.1, 0.15) is 19.4 Å². The van der Waals surface area contributed by atoms with Gasteiger partial charge in [0, 0.05) is 17.1 Å². The van der Waals surface area contributed by atoms with Crippen molar-refractivity contribution in [3.63, 3.8) is 0 Å². The maximum atomic E-state index is 13.1. The minimum Gasteiger partial charge on any atom is -0.320 e. The first kappa shape index (κ1) is 26.8. The minimum atomic E-state index is -4.66. The number of urea groups is 1. The molecule has 14 heteroatoms. The summed E-state index contributed by atoms with van der Waals surface area (Å²) in [6.07, 6.45) is -1.86. The number of nitrogens with two attached hydrogens (primary N) is 1. The Labute approximate surface area is 219 Å². The second-order valence-electron chi connectivity index (χ2n) is 8.59. The van der Waals surface area contributed by atoms with E-state index in [1.165, 1.54) is 18.7 Å². The molecule has 2 aromatic carbocycles. The average molecular weight is 547 g/mol. The van der Waals surface area contributed by atoms with Gasteiger partial charge in [-0.2, -0.15) is 13.2 Å². The summed E-state index contributed by atoms with van der Waals surface area (Å²) < 4.78 is 40.8. The van der Waals surface area contributed by atoms with E-state index < -0.39 is 34.7 Å². The summed E-state index contributed by atoms with van der Waals surface area (Å²) in [5.74, 6) is -0.236. The van der Waals surface area contributed by atoms with E-state index >= 15 is 0 Å². The van der Waals surface area contributed by atoms with Gasteiger partial charge in [-0.1, -0.05) is 25.4 Å². The number of hydrogen-bond acceptors (Lipinski definition) is 6. The smallest absolute Gasteiger partial charge is 0.320 e. The van der Waals surface area contributed by atoms with Crippen LogP contribution in [0.2, 0.25) is 5.02 Å². The van der Waals surface area contributed by atoms with Crippen LogP contribution in [-0.4, -0.2) is 37.5 Å². The number of halogens is 4. The molecule has 0 aliphatic heterocycles. The molecule has 198 valence electrons. The lowest BCUT2D eigenvalue weighted by Crippen LogP contribution is -2.40. The number of imidazole rings is 1. The Morgan fingerprint density at radius 2 is 1.63 bits per heavy atom. The molecule has 2 aromatic heterocycles. The number of nitrogens with one attached hydrogen (secondary N) is 3. The second kappa shape index (κ2) is 10.6. The van der Waals surface area contributed by atoms with E-state index in [9.17, 15) is 22.8 Å². The fourth-order valence-corrected chi connectivity index (χ4v) is 3.66. The Hall–Kier alpha value is -4.23. The number of aromatic nitrogens is 4. The lowest BCUT2D eigenvalue weighted by atomic mass is 10.1. The fraction of sp³-hybridized carbons (Fsp3) is 0.208. The Morgan fingerprint density at radius 3 is 2.29 bits per heavy atom. The fourth-order valence-electron chi connectivity index (χ4n) is 3.44. The third-order valence-corrected chi connectivity index (χ3v) is 5.86. The van der Waals surface area contributed by atoms with Crippen molar-refractivity contribution in [2.75, 3.05) is 16.0 Å². The van der Waals surface area contributed by atoms with Gasteiger partial charge in [-0.15, -0.1) is 0 Å². The maximum absolute atomic E-state index is 13.1. The number of amides is 3. The molecule has 4 rings (SSSR count). The topological polar surface area (TPSA) is 140 Å². The van der Waals surface area contributed by atoms with Gasteiger partial charge < -0.3 is 21.7 Å². The summed E-state index contributed by atoms with van der Waals surface area (Å²) in [6.45, 7) is 3.66. The predicted molar refractivity (Wildman–Crippen MR) is 137 cm³/mol. The van der Waals surface area contributed by atoms with E-state index in [1.54, 1.807) is 28.8 Å². The molecule has 0 aliphatic rings. The number of carbonyl (C=O) groups is 2. The van der Waals surface area contributed by atoms with Gasteiger partial charge in [0.25, 0.3) is 0 Å². The number of nitrogens with zero attached hydrogens (tertiary/aromatic N) is 4. The summed E-state index contributed by atoms with van der Waals surface area (Å²) in [5.41, 5.74) is 6.59. The van der Waals surface area contributed by atoms with Crippen LogP contribution in [-0.2, 0) is 11.0 Å². The van der Waals surface area contributed by atoms with Crippen molar-refractivity contribution in [1.29, 1.82) is 0 Å². The predicted octanol–water partition coefficient (Wildman–Crippen LogP) is 5.05. The van der Waals surface area contributed by atoms with Crippen molar-refractivity contribution in [2.45, 2.75) is 26.1 Å². The van der Waals surface area contributed by atoms with Crippen molar-refractivity contribution < 1.29 is 22.8 Å². The third kappa shape index (κ3) is 5.84. The van der Waals surface area contributed by atoms with Crippen molar-refractivity contribution in [2.24, 2.45) is 11.7 Å². The van der Waals surface area contributed by atoms with Crippen molar-refractivity contribution in [1.82, 2.24) is 19.5 Å². The Balaban J connectivity index is 1.47. The monoisotopic (exact) mass is 546 g/mol. The zero-order valence-corrected chi connectivity index (χ0v) is 20.8. The molecule has 4 aromatic rings. The number of fused-ring (bicyclic) bond motifs is 1. The number of alkyl halides is 3. The molecule has 38 heavy (non-hydrogen) atoms. The molecule has 0 radical (unpaired) electrons. The normalized spacial score (nSPS) is 12.4. The molecule has 0 saturated heterocycles. The standard InChI is InChI=1S/C24H22ClF3N8O2/c1-12(2)18(29)22(37)35-20-19-21(31-10-30-20)36(11-32-19)15-6-3-13(4-7-15)33-23(38)34-14-5-8-17(25)16(9-14)24(26,27)28/h3-12,18H,29H2,1-2H3,(H2,33,34,38)(H,30,31,35,37). The highest BCUT2D eigenvalue weighted by atomic mass is 35.5. The van der Waals surface area contributed by atoms with Crippen LogP contribution in [0, 0.1) is 5.92 Å². The molecule has 1 unspecified atom stereocenters. The van der Waals surface area contributed by atoms with Gasteiger partial charge in [0.05, 0.1) is 16.6 Å². The van der Waals surface area contributed by atoms with Crippen molar-refractivity contribution in [3.8, 4) is 5.69 Å². The van der Waals surface area contributed by atoms with Crippen molar-refractivity contribution >= 4 is 51.9 Å². The van der Waals surface area contributed by atoms with E-state index in [0.29, 0.717) is 22.5 Å². The van der Waals surface area contributed by atoms with Crippen LogP contribution in [0.25, 0.3) is 16.9 Å². The van der Waals surface area contributed by atoms with Gasteiger partial charge in [-0.25, -0.2) is 19.7 Å². The van der Waals surface area contributed by atoms with E-state index in [4.69, 9.17) is 17.3 Å². The lowest BCUT2D eigenvalue weighted by molar-refractivity contribution is -0.137. The van der Waals surface area contributed by atoms with Gasteiger partial charge in [0.2, 0.25) is 5.91 Å². The van der Waals surface area contributed by atoms with Crippen LogP contribution >= 0.6 is 11.6 Å². The number of carbonyl (C=O) groups excluding carboxylic acids is 2. The highest BCUT2D eigenvalue weighted by Gasteiger charge is 2.33. The van der Waals surface area contributed by atoms with Crippen LogP contribution < -0.4 is 21.7 Å². The van der Waals surface area contributed by atoms with Crippen LogP contribution in [0.4, 0.5) is 35.2 Å². The Morgan fingerprint density at radius 1 is 0.974 bits per heavy atom. The van der Waals surface area contributed by atoms with Gasteiger partial charge in [-0.05, 0) is 48.4 Å². The van der Waals surface area contributed by atoms with Crippen molar-refractivity contribution in [3.05, 3.63) is 65.7 Å². The molecule has 0 fully saturated rings. The van der Waals surface area contributed by atoms with E-state index in [2.05, 4.69) is 30.9 Å². The molecule has 1 atom stereocenters. The van der Waals surface area contributed by atoms with E-state index in [1.807, 2.05) is 13.8 Å². The van der Waals surface area contributed by atoms with Gasteiger partial charge in [-0.3, -0.25) is 9.36 Å². The molecule has 0 spiro atoms. The van der Waals surface area contributed by atoms with E-state index in [-0.39, 0.29) is 17.4 Å².